The summed E-state index contributed by atoms with van der Waals surface area (Å²) in [5.41, 5.74) is 0. The van der Waals surface area contributed by atoms with Crippen molar-refractivity contribution >= 4 is 43.7 Å². The van der Waals surface area contributed by atoms with Crippen molar-refractivity contribution in [3.8, 4) is 0 Å². The van der Waals surface area contributed by atoms with Crippen LogP contribution in [0.5, 0.6) is 0 Å². The minimum absolute atomic E-state index is 0. The normalized spacial score (nSPS) is 14.6. The molecule has 0 aliphatic heterocycles. The van der Waals surface area contributed by atoms with Crippen LogP contribution in [0.2, 0.25) is 0 Å². The van der Waals surface area contributed by atoms with E-state index < -0.39 is 18.4 Å². The van der Waals surface area contributed by atoms with E-state index in [1.165, 1.54) is 6.92 Å². The number of carboxylic acid groups (broad SMARTS) is 1. The van der Waals surface area contributed by atoms with Crippen molar-refractivity contribution in [3.63, 3.8) is 0 Å². The molecule has 0 rings (SSSR count). The molecule has 4 nitrogen and oxygen atoms in total. The zero-order valence-corrected chi connectivity index (χ0v) is 9.91. The van der Waals surface area contributed by atoms with E-state index in [2.05, 4.69) is 0 Å². The third-order valence-corrected chi connectivity index (χ3v) is 1.13. The monoisotopic (exact) mass is 201 g/mol. The first-order chi connectivity index (χ1) is 5.07. The van der Waals surface area contributed by atoms with Gasteiger partial charge in [-0.1, -0.05) is 0 Å². The molecular weight excluding hydrogens is 188 g/mol. The Morgan fingerprint density at radius 2 is 2.00 bits per heavy atom. The third kappa shape index (κ3) is 7.31. The standard InChI is InChI=1S/C7H14O4.Ca/c1-4-10-6(3)11-5(2)7(8)9;/h5-6H,4H2,1-3H3,(H,8,9);/q;+2/p-1. The fraction of sp³-hybridized carbons (Fsp3) is 0.857. The van der Waals surface area contributed by atoms with Crippen LogP contribution in [-0.4, -0.2) is 62.7 Å². The van der Waals surface area contributed by atoms with Crippen LogP contribution in [0.4, 0.5) is 0 Å². The second-order valence-electron chi connectivity index (χ2n) is 2.12. The van der Waals surface area contributed by atoms with Gasteiger partial charge in [0.25, 0.3) is 0 Å². The number of carboxylic acids is 1. The maximum atomic E-state index is 10.1. The van der Waals surface area contributed by atoms with Crippen LogP contribution in [0.3, 0.4) is 0 Å². The van der Waals surface area contributed by atoms with Gasteiger partial charge in [-0.15, -0.1) is 0 Å². The number of rotatable bonds is 5. The predicted octanol–water partition coefficient (Wildman–Crippen LogP) is -0.857. The molecule has 0 aromatic carbocycles. The minimum atomic E-state index is -1.23. The fourth-order valence-corrected chi connectivity index (χ4v) is 0.617. The third-order valence-electron chi connectivity index (χ3n) is 1.13. The van der Waals surface area contributed by atoms with E-state index in [1.807, 2.05) is 6.92 Å². The van der Waals surface area contributed by atoms with Crippen LogP contribution in [0.15, 0.2) is 0 Å². The maximum Gasteiger partial charge on any atom is 2.00 e. The van der Waals surface area contributed by atoms with Crippen molar-refractivity contribution < 1.29 is 19.4 Å². The Bertz CT molecular complexity index is 129. The van der Waals surface area contributed by atoms with Gasteiger partial charge in [0, 0.05) is 6.61 Å². The predicted molar refractivity (Wildman–Crippen MR) is 42.4 cm³/mol. The van der Waals surface area contributed by atoms with E-state index in [0.29, 0.717) is 6.61 Å². The van der Waals surface area contributed by atoms with Gasteiger partial charge < -0.3 is 19.4 Å². The quantitative estimate of drug-likeness (QED) is 0.429. The van der Waals surface area contributed by atoms with Crippen LogP contribution in [0.25, 0.3) is 0 Å². The zero-order valence-electron chi connectivity index (χ0n) is 7.70. The second-order valence-corrected chi connectivity index (χ2v) is 2.12. The van der Waals surface area contributed by atoms with Crippen molar-refractivity contribution in [2.24, 2.45) is 0 Å². The van der Waals surface area contributed by atoms with Crippen LogP contribution in [0.1, 0.15) is 20.8 Å². The number of carbonyl (C=O) groups excluding carboxylic acids is 1. The Morgan fingerprint density at radius 3 is 2.33 bits per heavy atom. The summed E-state index contributed by atoms with van der Waals surface area (Å²) in [4.78, 5) is 10.1. The molecule has 0 amide bonds. The summed E-state index contributed by atoms with van der Waals surface area (Å²) < 4.78 is 9.82. The summed E-state index contributed by atoms with van der Waals surface area (Å²) in [6.07, 6.45) is -1.41. The average Bonchev–Trinajstić information content (AvgIpc) is 1.87. The molecule has 0 radical (unpaired) electrons. The van der Waals surface area contributed by atoms with Crippen molar-refractivity contribution in [2.45, 2.75) is 33.2 Å². The van der Waals surface area contributed by atoms with Gasteiger partial charge in [-0.05, 0) is 20.8 Å². The van der Waals surface area contributed by atoms with Crippen LogP contribution in [0, 0.1) is 0 Å². The second kappa shape index (κ2) is 8.26. The summed E-state index contributed by atoms with van der Waals surface area (Å²) in [5, 5.41) is 10.1. The van der Waals surface area contributed by atoms with Gasteiger partial charge in [-0.2, -0.15) is 0 Å². The van der Waals surface area contributed by atoms with Gasteiger partial charge in [0.05, 0.1) is 12.1 Å². The molecule has 5 heteroatoms. The number of carbonyl (C=O) groups is 1. The van der Waals surface area contributed by atoms with Gasteiger partial charge in [0.2, 0.25) is 0 Å². The largest absolute Gasteiger partial charge is 2.00 e. The first-order valence-corrected chi connectivity index (χ1v) is 3.55. The molecule has 0 fully saturated rings. The van der Waals surface area contributed by atoms with Gasteiger partial charge >= 0.3 is 37.7 Å². The SMILES string of the molecule is CCOC(C)OC(C)C(=O)[O-].[Ca+2]. The van der Waals surface area contributed by atoms with E-state index in [1.54, 1.807) is 6.92 Å². The van der Waals surface area contributed by atoms with Crippen molar-refractivity contribution in [1.29, 1.82) is 0 Å². The fourth-order valence-electron chi connectivity index (χ4n) is 0.617. The van der Waals surface area contributed by atoms with Crippen LogP contribution in [-0.2, 0) is 14.3 Å². The summed E-state index contributed by atoms with van der Waals surface area (Å²) in [5.74, 6) is -1.23. The minimum Gasteiger partial charge on any atom is -0.547 e. The summed E-state index contributed by atoms with van der Waals surface area (Å²) in [6, 6.07) is 0. The van der Waals surface area contributed by atoms with Gasteiger partial charge in [-0.3, -0.25) is 0 Å². The number of hydrogen-bond donors (Lipinski definition) is 0. The number of hydrogen-bond acceptors (Lipinski definition) is 4. The molecule has 0 aliphatic carbocycles. The molecule has 2 atom stereocenters. The summed E-state index contributed by atoms with van der Waals surface area (Å²) >= 11 is 0. The van der Waals surface area contributed by atoms with Gasteiger partial charge in [-0.25, -0.2) is 0 Å². The van der Waals surface area contributed by atoms with E-state index >= 15 is 0 Å². The average molecular weight is 201 g/mol. The molecule has 2 unspecified atom stereocenters. The van der Waals surface area contributed by atoms with Crippen LogP contribution >= 0.6 is 0 Å². The van der Waals surface area contributed by atoms with E-state index in [4.69, 9.17) is 9.47 Å². The Kier molecular flexibility index (Phi) is 10.4. The Morgan fingerprint density at radius 1 is 1.50 bits per heavy atom. The molecule has 0 saturated carbocycles. The molecule has 0 aliphatic rings. The molecule has 0 saturated heterocycles. The smallest absolute Gasteiger partial charge is 0.547 e. The van der Waals surface area contributed by atoms with E-state index in [-0.39, 0.29) is 37.7 Å². The molecule has 0 aromatic heterocycles. The number of ether oxygens (including phenoxy) is 2. The Labute approximate surface area is 102 Å². The van der Waals surface area contributed by atoms with Crippen molar-refractivity contribution in [2.75, 3.05) is 6.61 Å². The van der Waals surface area contributed by atoms with Crippen molar-refractivity contribution in [1.82, 2.24) is 0 Å². The molecule has 12 heavy (non-hydrogen) atoms. The van der Waals surface area contributed by atoms with Gasteiger partial charge in [0.15, 0.2) is 6.29 Å². The van der Waals surface area contributed by atoms with Crippen LogP contribution < -0.4 is 5.11 Å². The zero-order chi connectivity index (χ0) is 8.85. The molecular formula is C7H13CaO4+. The Hall–Kier alpha value is 0.650. The molecule has 0 aromatic rings. The molecule has 66 valence electrons. The first kappa shape index (κ1) is 15.1. The van der Waals surface area contributed by atoms with Crippen molar-refractivity contribution in [3.05, 3.63) is 0 Å². The molecule has 0 bridgehead atoms. The topological polar surface area (TPSA) is 58.6 Å². The van der Waals surface area contributed by atoms with E-state index in [9.17, 15) is 9.90 Å². The summed E-state index contributed by atoms with van der Waals surface area (Å²) in [7, 11) is 0. The molecule has 0 heterocycles. The number of aliphatic carboxylic acids is 1. The maximum absolute atomic E-state index is 10.1. The molecule has 0 spiro atoms. The summed E-state index contributed by atoms with van der Waals surface area (Å²) in [6.45, 7) is 5.36. The van der Waals surface area contributed by atoms with E-state index in [0.717, 1.165) is 0 Å². The van der Waals surface area contributed by atoms with Gasteiger partial charge in [0.1, 0.15) is 0 Å². The first-order valence-electron chi connectivity index (χ1n) is 3.55. The Balaban J connectivity index is 0. The molecule has 0 N–H and O–H groups in total.